The normalized spacial score (nSPS) is 22.0. The molecule has 6 heteroatoms. The molecule has 5 nitrogen and oxygen atoms in total. The van der Waals surface area contributed by atoms with Crippen molar-refractivity contribution in [3.63, 3.8) is 0 Å². The van der Waals surface area contributed by atoms with Crippen LogP contribution >= 0.6 is 15.9 Å². The molecule has 0 bridgehead atoms. The molecular formula is C19H27BrN4O. The van der Waals surface area contributed by atoms with Crippen molar-refractivity contribution in [3.05, 3.63) is 34.3 Å². The Balaban J connectivity index is 1.54. The van der Waals surface area contributed by atoms with Gasteiger partial charge in [0.05, 0.1) is 0 Å². The standard InChI is InChI=1S/C19H27BrN4O/c1-3-17(25)24-11-8-14(12-24)23-18(21-2)22-13-19(9-10-19)15-6-4-5-7-16(15)20/h4-7,14H,3,8-13H2,1-2H3,(H2,21,22,23). The van der Waals surface area contributed by atoms with Crippen LogP contribution in [0.3, 0.4) is 0 Å². The SMILES string of the molecule is CCC(=O)N1CCC(NC(=NC)NCC2(c3ccccc3Br)CC2)C1. The lowest BCUT2D eigenvalue weighted by Gasteiger charge is -2.22. The Morgan fingerprint density at radius 3 is 2.80 bits per heavy atom. The molecule has 1 atom stereocenters. The Labute approximate surface area is 158 Å². The first kappa shape index (κ1) is 18.2. The third-order valence-corrected chi connectivity index (χ3v) is 5.99. The molecule has 1 aliphatic carbocycles. The lowest BCUT2D eigenvalue weighted by atomic mass is 9.96. The minimum absolute atomic E-state index is 0.206. The highest BCUT2D eigenvalue weighted by molar-refractivity contribution is 9.10. The second-order valence-corrected chi connectivity index (χ2v) is 7.86. The minimum atomic E-state index is 0.206. The van der Waals surface area contributed by atoms with E-state index in [2.05, 4.69) is 55.8 Å². The second kappa shape index (κ2) is 7.77. The number of benzene rings is 1. The average molecular weight is 407 g/mol. The fourth-order valence-corrected chi connectivity index (χ4v) is 4.26. The van der Waals surface area contributed by atoms with Gasteiger partial charge in [-0.1, -0.05) is 41.1 Å². The molecule has 1 saturated heterocycles. The maximum absolute atomic E-state index is 11.8. The van der Waals surface area contributed by atoms with E-state index in [1.807, 2.05) is 11.8 Å². The summed E-state index contributed by atoms with van der Waals surface area (Å²) in [5, 5.41) is 6.97. The zero-order valence-electron chi connectivity index (χ0n) is 15.0. The highest BCUT2D eigenvalue weighted by atomic mass is 79.9. The van der Waals surface area contributed by atoms with Crippen molar-refractivity contribution < 1.29 is 4.79 Å². The molecule has 136 valence electrons. The van der Waals surface area contributed by atoms with Crippen molar-refractivity contribution in [2.75, 3.05) is 26.7 Å². The zero-order chi connectivity index (χ0) is 17.9. The lowest BCUT2D eigenvalue weighted by Crippen LogP contribution is -2.47. The Hall–Kier alpha value is -1.56. The van der Waals surface area contributed by atoms with Crippen molar-refractivity contribution >= 4 is 27.8 Å². The molecule has 1 aliphatic heterocycles. The summed E-state index contributed by atoms with van der Waals surface area (Å²) in [7, 11) is 1.80. The molecule has 2 aliphatic rings. The molecule has 1 aromatic rings. The van der Waals surface area contributed by atoms with Crippen LogP contribution in [0.4, 0.5) is 0 Å². The van der Waals surface area contributed by atoms with Crippen LogP contribution in [0.1, 0.15) is 38.2 Å². The summed E-state index contributed by atoms with van der Waals surface area (Å²) < 4.78 is 1.18. The van der Waals surface area contributed by atoms with Crippen LogP contribution in [-0.2, 0) is 10.2 Å². The maximum Gasteiger partial charge on any atom is 0.222 e. The van der Waals surface area contributed by atoms with Gasteiger partial charge in [-0.15, -0.1) is 0 Å². The topological polar surface area (TPSA) is 56.7 Å². The van der Waals surface area contributed by atoms with Crippen molar-refractivity contribution in [1.29, 1.82) is 0 Å². The zero-order valence-corrected chi connectivity index (χ0v) is 16.6. The summed E-state index contributed by atoms with van der Waals surface area (Å²) in [6.07, 6.45) is 3.94. The molecule has 0 aromatic heterocycles. The molecule has 1 heterocycles. The maximum atomic E-state index is 11.8. The summed E-state index contributed by atoms with van der Waals surface area (Å²) in [5.41, 5.74) is 1.58. The summed E-state index contributed by atoms with van der Waals surface area (Å²) >= 11 is 3.68. The van der Waals surface area contributed by atoms with E-state index < -0.39 is 0 Å². The molecule has 3 rings (SSSR count). The summed E-state index contributed by atoms with van der Waals surface area (Å²) in [4.78, 5) is 18.1. The van der Waals surface area contributed by atoms with Gasteiger partial charge in [0.15, 0.2) is 5.96 Å². The van der Waals surface area contributed by atoms with Crippen molar-refractivity contribution in [2.45, 2.75) is 44.1 Å². The van der Waals surface area contributed by atoms with Crippen LogP contribution in [-0.4, -0.2) is 49.5 Å². The van der Waals surface area contributed by atoms with E-state index in [9.17, 15) is 4.79 Å². The Morgan fingerprint density at radius 1 is 1.40 bits per heavy atom. The van der Waals surface area contributed by atoms with E-state index in [-0.39, 0.29) is 17.4 Å². The number of aliphatic imine (C=N–C) groups is 1. The number of hydrogen-bond donors (Lipinski definition) is 2. The predicted molar refractivity (Wildman–Crippen MR) is 105 cm³/mol. The largest absolute Gasteiger partial charge is 0.356 e. The van der Waals surface area contributed by atoms with Crippen molar-refractivity contribution in [3.8, 4) is 0 Å². The number of amides is 1. The number of halogens is 1. The molecule has 1 unspecified atom stereocenters. The average Bonchev–Trinajstić information content (AvgIpc) is 3.27. The molecule has 1 aromatic carbocycles. The van der Waals surface area contributed by atoms with Gasteiger partial charge in [0.2, 0.25) is 5.91 Å². The second-order valence-electron chi connectivity index (χ2n) is 7.01. The number of carbonyl (C=O) groups excluding carboxylic acids is 1. The number of rotatable bonds is 5. The van der Waals surface area contributed by atoms with E-state index in [4.69, 9.17) is 0 Å². The van der Waals surface area contributed by atoms with E-state index >= 15 is 0 Å². The quantitative estimate of drug-likeness (QED) is 0.583. The van der Waals surface area contributed by atoms with Gasteiger partial charge in [0.1, 0.15) is 0 Å². The molecule has 1 saturated carbocycles. The molecule has 1 amide bonds. The summed E-state index contributed by atoms with van der Waals surface area (Å²) in [6.45, 7) is 4.39. The van der Waals surface area contributed by atoms with E-state index in [1.165, 1.54) is 22.9 Å². The van der Waals surface area contributed by atoms with Gasteiger partial charge < -0.3 is 15.5 Å². The molecule has 0 spiro atoms. The van der Waals surface area contributed by atoms with Gasteiger partial charge in [-0.25, -0.2) is 0 Å². The number of likely N-dealkylation sites (tertiary alicyclic amines) is 1. The monoisotopic (exact) mass is 406 g/mol. The van der Waals surface area contributed by atoms with Crippen LogP contribution in [0.15, 0.2) is 33.7 Å². The fourth-order valence-electron chi connectivity index (χ4n) is 3.55. The van der Waals surface area contributed by atoms with Gasteiger partial charge in [-0.3, -0.25) is 9.79 Å². The summed E-state index contributed by atoms with van der Waals surface area (Å²) in [6, 6.07) is 8.76. The predicted octanol–water partition coefficient (Wildman–Crippen LogP) is 2.66. The third-order valence-electron chi connectivity index (χ3n) is 5.30. The van der Waals surface area contributed by atoms with E-state index in [1.54, 1.807) is 7.05 Å². The lowest BCUT2D eigenvalue weighted by molar-refractivity contribution is -0.129. The van der Waals surface area contributed by atoms with E-state index in [0.29, 0.717) is 6.42 Å². The molecule has 2 fully saturated rings. The van der Waals surface area contributed by atoms with Crippen molar-refractivity contribution in [1.82, 2.24) is 15.5 Å². The van der Waals surface area contributed by atoms with Crippen LogP contribution in [0.2, 0.25) is 0 Å². The van der Waals surface area contributed by atoms with Crippen LogP contribution in [0.25, 0.3) is 0 Å². The highest BCUT2D eigenvalue weighted by Crippen LogP contribution is 2.49. The van der Waals surface area contributed by atoms with Crippen LogP contribution < -0.4 is 10.6 Å². The van der Waals surface area contributed by atoms with Crippen LogP contribution in [0.5, 0.6) is 0 Å². The third kappa shape index (κ3) is 4.17. The number of nitrogens with one attached hydrogen (secondary N) is 2. The Bertz CT molecular complexity index is 657. The molecule has 25 heavy (non-hydrogen) atoms. The van der Waals surface area contributed by atoms with E-state index in [0.717, 1.165) is 32.0 Å². The smallest absolute Gasteiger partial charge is 0.222 e. The van der Waals surface area contributed by atoms with Gasteiger partial charge in [-0.05, 0) is 30.9 Å². The van der Waals surface area contributed by atoms with Crippen molar-refractivity contribution in [2.24, 2.45) is 4.99 Å². The number of hydrogen-bond acceptors (Lipinski definition) is 2. The number of guanidine groups is 1. The summed E-state index contributed by atoms with van der Waals surface area (Å²) in [5.74, 6) is 1.06. The molecular weight excluding hydrogens is 380 g/mol. The van der Waals surface area contributed by atoms with Gasteiger partial charge in [0, 0.05) is 49.0 Å². The fraction of sp³-hybridized carbons (Fsp3) is 0.579. The van der Waals surface area contributed by atoms with Gasteiger partial charge in [0.25, 0.3) is 0 Å². The highest BCUT2D eigenvalue weighted by Gasteiger charge is 2.45. The van der Waals surface area contributed by atoms with Gasteiger partial charge in [-0.2, -0.15) is 0 Å². The number of carbonyl (C=O) groups is 1. The first-order valence-electron chi connectivity index (χ1n) is 9.08. The molecule has 2 N–H and O–H groups in total. The minimum Gasteiger partial charge on any atom is -0.356 e. The Morgan fingerprint density at radius 2 is 2.16 bits per heavy atom. The number of nitrogens with zero attached hydrogens (tertiary/aromatic N) is 2. The van der Waals surface area contributed by atoms with Gasteiger partial charge >= 0.3 is 0 Å². The van der Waals surface area contributed by atoms with Crippen LogP contribution in [0, 0.1) is 0 Å². The first-order chi connectivity index (χ1) is 12.1. The first-order valence-corrected chi connectivity index (χ1v) is 9.87. The molecule has 0 radical (unpaired) electrons. The Kier molecular flexibility index (Phi) is 5.67.